The van der Waals surface area contributed by atoms with Gasteiger partial charge in [-0.25, -0.2) is 4.79 Å². The standard InChI is InChI=1S/C14H17ClN2O3/c1-14-8-11(16-13(18)17(14)5-6-19-2)10-7-9(15)3-4-12(10)20-14/h3-4,7,11H,5-6,8H2,1-2H3,(H,16,18). The van der Waals surface area contributed by atoms with E-state index < -0.39 is 5.72 Å². The molecule has 2 unspecified atom stereocenters. The van der Waals surface area contributed by atoms with Gasteiger partial charge in [0.1, 0.15) is 5.75 Å². The van der Waals surface area contributed by atoms with Crippen molar-refractivity contribution in [3.05, 3.63) is 28.8 Å². The summed E-state index contributed by atoms with van der Waals surface area (Å²) in [6.45, 7) is 2.91. The second-order valence-electron chi connectivity index (χ2n) is 5.31. The van der Waals surface area contributed by atoms with Crippen molar-refractivity contribution in [1.29, 1.82) is 0 Å². The van der Waals surface area contributed by atoms with Crippen LogP contribution in [0.15, 0.2) is 18.2 Å². The third-order valence-corrected chi connectivity index (χ3v) is 4.13. The van der Waals surface area contributed by atoms with Crippen molar-refractivity contribution in [2.45, 2.75) is 25.1 Å². The van der Waals surface area contributed by atoms with E-state index in [1.54, 1.807) is 18.1 Å². The molecule has 5 nitrogen and oxygen atoms in total. The summed E-state index contributed by atoms with van der Waals surface area (Å²) in [5, 5.41) is 3.65. The highest BCUT2D eigenvalue weighted by Crippen LogP contribution is 2.44. The van der Waals surface area contributed by atoms with Crippen molar-refractivity contribution in [2.24, 2.45) is 0 Å². The molecule has 3 rings (SSSR count). The zero-order valence-electron chi connectivity index (χ0n) is 11.5. The molecule has 2 heterocycles. The Bertz CT molecular complexity index is 551. The summed E-state index contributed by atoms with van der Waals surface area (Å²) in [6.07, 6.45) is 0.690. The highest BCUT2D eigenvalue weighted by molar-refractivity contribution is 6.30. The van der Waals surface area contributed by atoms with Gasteiger partial charge >= 0.3 is 6.03 Å². The predicted octanol–water partition coefficient (Wildman–Crippen LogP) is 2.55. The molecule has 2 aliphatic rings. The molecule has 1 fully saturated rings. The van der Waals surface area contributed by atoms with E-state index in [1.165, 1.54) is 0 Å². The van der Waals surface area contributed by atoms with Crippen LogP contribution in [-0.2, 0) is 4.74 Å². The Labute approximate surface area is 122 Å². The number of urea groups is 1. The largest absolute Gasteiger partial charge is 0.468 e. The van der Waals surface area contributed by atoms with Crippen molar-refractivity contribution in [2.75, 3.05) is 20.3 Å². The summed E-state index contributed by atoms with van der Waals surface area (Å²) in [6, 6.07) is 5.31. The van der Waals surface area contributed by atoms with E-state index in [2.05, 4.69) is 5.32 Å². The third kappa shape index (κ3) is 2.11. The van der Waals surface area contributed by atoms with Gasteiger partial charge in [-0.15, -0.1) is 0 Å². The molecule has 6 heteroatoms. The number of benzene rings is 1. The molecule has 2 amide bonds. The van der Waals surface area contributed by atoms with Gasteiger partial charge in [0.2, 0.25) is 0 Å². The van der Waals surface area contributed by atoms with Gasteiger partial charge in [-0.2, -0.15) is 0 Å². The van der Waals surface area contributed by atoms with Gasteiger partial charge in [0.25, 0.3) is 0 Å². The zero-order chi connectivity index (χ0) is 14.3. The molecule has 0 spiro atoms. The number of carbonyl (C=O) groups is 1. The monoisotopic (exact) mass is 296 g/mol. The molecule has 2 bridgehead atoms. The molecule has 1 aromatic carbocycles. The Morgan fingerprint density at radius 2 is 2.40 bits per heavy atom. The number of methoxy groups -OCH3 is 1. The molecule has 0 radical (unpaired) electrons. The lowest BCUT2D eigenvalue weighted by atomic mass is 9.90. The second-order valence-corrected chi connectivity index (χ2v) is 5.75. The topological polar surface area (TPSA) is 50.8 Å². The molecule has 2 atom stereocenters. The van der Waals surface area contributed by atoms with Crippen LogP contribution < -0.4 is 10.1 Å². The van der Waals surface area contributed by atoms with Crippen LogP contribution in [0.2, 0.25) is 5.02 Å². The fraction of sp³-hybridized carbons (Fsp3) is 0.500. The fourth-order valence-corrected chi connectivity index (χ4v) is 3.09. The number of halogens is 1. The minimum Gasteiger partial charge on any atom is -0.468 e. The minimum atomic E-state index is -0.646. The van der Waals surface area contributed by atoms with Crippen LogP contribution in [0, 0.1) is 0 Å². The Morgan fingerprint density at radius 3 is 3.15 bits per heavy atom. The molecule has 2 aliphatic heterocycles. The van der Waals surface area contributed by atoms with E-state index in [0.29, 0.717) is 24.6 Å². The van der Waals surface area contributed by atoms with Crippen LogP contribution in [-0.4, -0.2) is 36.9 Å². The molecule has 1 aromatic rings. The molecule has 0 aromatic heterocycles. The zero-order valence-corrected chi connectivity index (χ0v) is 12.2. The summed E-state index contributed by atoms with van der Waals surface area (Å²) < 4.78 is 11.1. The van der Waals surface area contributed by atoms with Crippen molar-refractivity contribution >= 4 is 17.6 Å². The molecule has 1 saturated heterocycles. The van der Waals surface area contributed by atoms with Gasteiger partial charge in [-0.05, 0) is 25.1 Å². The maximum Gasteiger partial charge on any atom is 0.321 e. The molecule has 108 valence electrons. The molecule has 1 N–H and O–H groups in total. The van der Waals surface area contributed by atoms with E-state index in [9.17, 15) is 4.79 Å². The molecule has 0 aliphatic carbocycles. The first-order valence-electron chi connectivity index (χ1n) is 6.59. The lowest BCUT2D eigenvalue weighted by molar-refractivity contribution is -0.0892. The van der Waals surface area contributed by atoms with Gasteiger partial charge in [-0.1, -0.05) is 11.6 Å². The molecular formula is C14H17ClN2O3. The highest BCUT2D eigenvalue weighted by atomic mass is 35.5. The fourth-order valence-electron chi connectivity index (χ4n) is 2.91. The van der Waals surface area contributed by atoms with E-state index in [0.717, 1.165) is 11.3 Å². The van der Waals surface area contributed by atoms with Crippen LogP contribution >= 0.6 is 11.6 Å². The van der Waals surface area contributed by atoms with Crippen molar-refractivity contribution in [1.82, 2.24) is 10.2 Å². The number of carbonyl (C=O) groups excluding carboxylic acids is 1. The van der Waals surface area contributed by atoms with Crippen molar-refractivity contribution < 1.29 is 14.3 Å². The Morgan fingerprint density at radius 1 is 1.60 bits per heavy atom. The molecular weight excluding hydrogens is 280 g/mol. The number of amides is 2. The van der Waals surface area contributed by atoms with Gasteiger partial charge in [0.15, 0.2) is 5.72 Å². The smallest absolute Gasteiger partial charge is 0.321 e. The van der Waals surface area contributed by atoms with Crippen LogP contribution in [0.5, 0.6) is 5.75 Å². The molecule has 20 heavy (non-hydrogen) atoms. The van der Waals surface area contributed by atoms with Gasteiger partial charge in [-0.3, -0.25) is 4.90 Å². The van der Waals surface area contributed by atoms with E-state index in [-0.39, 0.29) is 12.1 Å². The highest BCUT2D eigenvalue weighted by Gasteiger charge is 2.48. The molecule has 0 saturated carbocycles. The van der Waals surface area contributed by atoms with Crippen LogP contribution in [0.3, 0.4) is 0 Å². The summed E-state index contributed by atoms with van der Waals surface area (Å²) in [7, 11) is 1.62. The first-order valence-corrected chi connectivity index (χ1v) is 6.97. The van der Waals surface area contributed by atoms with E-state index in [4.69, 9.17) is 21.1 Å². The second kappa shape index (κ2) is 4.82. The Hall–Kier alpha value is -1.46. The number of hydrogen-bond donors (Lipinski definition) is 1. The number of rotatable bonds is 3. The average molecular weight is 297 g/mol. The Balaban J connectivity index is 1.96. The first kappa shape index (κ1) is 13.5. The van der Waals surface area contributed by atoms with Crippen LogP contribution in [0.25, 0.3) is 0 Å². The Kier molecular flexibility index (Phi) is 3.26. The van der Waals surface area contributed by atoms with Gasteiger partial charge < -0.3 is 14.8 Å². The summed E-state index contributed by atoms with van der Waals surface area (Å²) in [5.41, 5.74) is 0.293. The summed E-state index contributed by atoms with van der Waals surface area (Å²) in [5.74, 6) is 0.774. The van der Waals surface area contributed by atoms with E-state index in [1.807, 2.05) is 19.1 Å². The van der Waals surface area contributed by atoms with Crippen molar-refractivity contribution in [3.8, 4) is 5.75 Å². The minimum absolute atomic E-state index is 0.0613. The lowest BCUT2D eigenvalue weighted by Gasteiger charge is -2.50. The normalized spacial score (nSPS) is 27.6. The SMILES string of the molecule is COCCN1C(=O)NC2CC1(C)Oc1ccc(Cl)cc12. The van der Waals surface area contributed by atoms with Crippen molar-refractivity contribution in [3.63, 3.8) is 0 Å². The van der Waals surface area contributed by atoms with Crippen LogP contribution in [0.4, 0.5) is 4.79 Å². The lowest BCUT2D eigenvalue weighted by Crippen LogP contribution is -2.65. The average Bonchev–Trinajstić information content (AvgIpc) is 2.39. The number of ether oxygens (including phenoxy) is 2. The maximum absolute atomic E-state index is 12.3. The number of hydrogen-bond acceptors (Lipinski definition) is 3. The summed E-state index contributed by atoms with van der Waals surface area (Å²) in [4.78, 5) is 13.9. The third-order valence-electron chi connectivity index (χ3n) is 3.89. The van der Waals surface area contributed by atoms with Crippen LogP contribution in [0.1, 0.15) is 24.9 Å². The number of nitrogens with zero attached hydrogens (tertiary/aromatic N) is 1. The quantitative estimate of drug-likeness (QED) is 0.932. The number of fused-ring (bicyclic) bond motifs is 4. The van der Waals surface area contributed by atoms with Gasteiger partial charge in [0, 0.05) is 30.7 Å². The van der Waals surface area contributed by atoms with Gasteiger partial charge in [0.05, 0.1) is 12.6 Å². The maximum atomic E-state index is 12.3. The predicted molar refractivity (Wildman–Crippen MR) is 75.0 cm³/mol. The number of nitrogens with one attached hydrogen (secondary N) is 1. The van der Waals surface area contributed by atoms with E-state index >= 15 is 0 Å². The summed E-state index contributed by atoms with van der Waals surface area (Å²) >= 11 is 6.03. The first-order chi connectivity index (χ1) is 9.53.